The van der Waals surface area contributed by atoms with Crippen LogP contribution in [0.3, 0.4) is 0 Å². The number of rotatable bonds is 7. The highest BCUT2D eigenvalue weighted by Crippen LogP contribution is 2.37. The number of nitrogens with one attached hydrogen (secondary N) is 3. The van der Waals surface area contributed by atoms with E-state index in [9.17, 15) is 13.2 Å². The van der Waals surface area contributed by atoms with Gasteiger partial charge in [-0.1, -0.05) is 36.8 Å². The monoisotopic (exact) mass is 325 g/mol. The summed E-state index contributed by atoms with van der Waals surface area (Å²) in [5, 5.41) is 5.69. The third kappa shape index (κ3) is 5.31. The van der Waals surface area contributed by atoms with Gasteiger partial charge in [0.2, 0.25) is 10.0 Å². The van der Waals surface area contributed by atoms with Crippen LogP contribution in [0.2, 0.25) is 0 Å². The van der Waals surface area contributed by atoms with Gasteiger partial charge in [-0.2, -0.15) is 0 Å². The summed E-state index contributed by atoms with van der Waals surface area (Å²) < 4.78 is 24.2. The summed E-state index contributed by atoms with van der Waals surface area (Å²) in [5.74, 6) is 0.474. The van der Waals surface area contributed by atoms with E-state index in [0.29, 0.717) is 5.92 Å². The minimum atomic E-state index is -3.22. The minimum absolute atomic E-state index is 0.0119. The Morgan fingerprint density at radius 2 is 1.91 bits per heavy atom. The van der Waals surface area contributed by atoms with Gasteiger partial charge in [0.15, 0.2) is 0 Å². The Morgan fingerprint density at radius 1 is 1.23 bits per heavy atom. The molecule has 1 fully saturated rings. The molecule has 0 aliphatic heterocycles. The molecular formula is C15H23N3O3S. The number of carbonyl (C=O) groups excluding carboxylic acids is 1. The first-order valence-electron chi connectivity index (χ1n) is 7.49. The summed E-state index contributed by atoms with van der Waals surface area (Å²) in [7, 11) is -3.22. The first-order valence-corrected chi connectivity index (χ1v) is 9.39. The van der Waals surface area contributed by atoms with E-state index in [4.69, 9.17) is 0 Å². The molecule has 0 spiro atoms. The van der Waals surface area contributed by atoms with Gasteiger partial charge in [-0.05, 0) is 24.3 Å². The summed E-state index contributed by atoms with van der Waals surface area (Å²) in [6.07, 6.45) is 4.54. The van der Waals surface area contributed by atoms with Gasteiger partial charge in [0.25, 0.3) is 0 Å². The van der Waals surface area contributed by atoms with E-state index >= 15 is 0 Å². The van der Waals surface area contributed by atoms with Crippen LogP contribution in [0, 0.1) is 5.92 Å². The van der Waals surface area contributed by atoms with Gasteiger partial charge in [-0.25, -0.2) is 17.9 Å². The van der Waals surface area contributed by atoms with Crippen molar-refractivity contribution in [3.63, 3.8) is 0 Å². The van der Waals surface area contributed by atoms with Crippen molar-refractivity contribution in [2.24, 2.45) is 5.92 Å². The first-order chi connectivity index (χ1) is 10.5. The molecule has 0 saturated heterocycles. The molecule has 1 unspecified atom stereocenters. The predicted octanol–water partition coefficient (Wildman–Crippen LogP) is 1.38. The van der Waals surface area contributed by atoms with Crippen LogP contribution in [-0.2, 0) is 10.0 Å². The summed E-state index contributed by atoms with van der Waals surface area (Å²) in [6, 6.07) is 9.68. The van der Waals surface area contributed by atoms with Gasteiger partial charge < -0.3 is 10.6 Å². The van der Waals surface area contributed by atoms with Crippen LogP contribution in [0.4, 0.5) is 4.79 Å². The fourth-order valence-electron chi connectivity index (χ4n) is 2.51. The summed E-state index contributed by atoms with van der Waals surface area (Å²) in [5.41, 5.74) is 1.11. The lowest BCUT2D eigenvalue weighted by atomic mass is 9.77. The molecule has 1 aliphatic rings. The molecule has 7 heteroatoms. The first kappa shape index (κ1) is 16.8. The van der Waals surface area contributed by atoms with E-state index in [1.807, 2.05) is 30.3 Å². The lowest BCUT2D eigenvalue weighted by Gasteiger charge is -2.34. The second kappa shape index (κ2) is 7.60. The molecule has 0 bridgehead atoms. The summed E-state index contributed by atoms with van der Waals surface area (Å²) in [4.78, 5) is 12.0. The molecule has 1 aromatic carbocycles. The van der Waals surface area contributed by atoms with Gasteiger partial charge >= 0.3 is 6.03 Å². The highest BCUT2D eigenvalue weighted by Gasteiger charge is 2.29. The second-order valence-electron chi connectivity index (χ2n) is 5.65. The molecule has 2 amide bonds. The normalized spacial score (nSPS) is 16.6. The number of hydrogen-bond donors (Lipinski definition) is 3. The molecule has 122 valence electrons. The van der Waals surface area contributed by atoms with Crippen molar-refractivity contribution < 1.29 is 13.2 Å². The molecule has 6 nitrogen and oxygen atoms in total. The van der Waals surface area contributed by atoms with E-state index in [0.717, 1.165) is 24.7 Å². The summed E-state index contributed by atoms with van der Waals surface area (Å²) >= 11 is 0. The van der Waals surface area contributed by atoms with E-state index in [2.05, 4.69) is 15.4 Å². The quantitative estimate of drug-likeness (QED) is 0.662. The number of sulfonamides is 1. The van der Waals surface area contributed by atoms with E-state index < -0.39 is 10.0 Å². The molecule has 1 aliphatic carbocycles. The zero-order valence-corrected chi connectivity index (χ0v) is 13.5. The molecule has 1 saturated carbocycles. The number of carbonyl (C=O) groups is 1. The van der Waals surface area contributed by atoms with Crippen LogP contribution >= 0.6 is 0 Å². The Morgan fingerprint density at radius 3 is 2.45 bits per heavy atom. The number of amides is 2. The lowest BCUT2D eigenvalue weighted by Crippen LogP contribution is -2.44. The van der Waals surface area contributed by atoms with Crippen LogP contribution < -0.4 is 15.4 Å². The van der Waals surface area contributed by atoms with Crippen molar-refractivity contribution in [3.05, 3.63) is 35.9 Å². The standard InChI is InChI=1S/C15H23N3O3S/c1-22(20,21)17-11-10-16-15(19)18-14(13-8-5-9-13)12-6-3-2-4-7-12/h2-4,6-7,13-14,17H,5,8-11H2,1H3,(H2,16,18,19). The average Bonchev–Trinajstić information content (AvgIpc) is 2.41. The fraction of sp³-hybridized carbons (Fsp3) is 0.533. The molecule has 0 aromatic heterocycles. The second-order valence-corrected chi connectivity index (χ2v) is 7.48. The molecule has 2 rings (SSSR count). The lowest BCUT2D eigenvalue weighted by molar-refractivity contribution is 0.208. The Kier molecular flexibility index (Phi) is 5.79. The van der Waals surface area contributed by atoms with Gasteiger partial charge in [-0.15, -0.1) is 0 Å². The Hall–Kier alpha value is -1.60. The van der Waals surface area contributed by atoms with Gasteiger partial charge in [0.1, 0.15) is 0 Å². The molecule has 0 radical (unpaired) electrons. The molecule has 0 heterocycles. The third-order valence-electron chi connectivity index (χ3n) is 3.84. The van der Waals surface area contributed by atoms with Crippen molar-refractivity contribution in [2.75, 3.05) is 19.3 Å². The highest BCUT2D eigenvalue weighted by molar-refractivity contribution is 7.88. The van der Waals surface area contributed by atoms with Crippen molar-refractivity contribution in [3.8, 4) is 0 Å². The third-order valence-corrected chi connectivity index (χ3v) is 4.57. The maximum Gasteiger partial charge on any atom is 0.315 e. The van der Waals surface area contributed by atoms with Gasteiger partial charge in [0.05, 0.1) is 12.3 Å². The maximum absolute atomic E-state index is 12.0. The predicted molar refractivity (Wildman–Crippen MR) is 85.9 cm³/mol. The molecule has 22 heavy (non-hydrogen) atoms. The zero-order chi connectivity index (χ0) is 16.0. The van der Waals surface area contributed by atoms with E-state index in [-0.39, 0.29) is 25.2 Å². The fourth-order valence-corrected chi connectivity index (χ4v) is 2.98. The summed E-state index contributed by atoms with van der Waals surface area (Å²) in [6.45, 7) is 0.441. The van der Waals surface area contributed by atoms with Crippen LogP contribution in [-0.4, -0.2) is 33.8 Å². The molecule has 3 N–H and O–H groups in total. The molecule has 1 atom stereocenters. The maximum atomic E-state index is 12.0. The van der Waals surface area contributed by atoms with Gasteiger partial charge in [-0.3, -0.25) is 0 Å². The van der Waals surface area contributed by atoms with Gasteiger partial charge in [0, 0.05) is 13.1 Å². The molecule has 1 aromatic rings. The van der Waals surface area contributed by atoms with Crippen molar-refractivity contribution in [1.29, 1.82) is 0 Å². The van der Waals surface area contributed by atoms with E-state index in [1.165, 1.54) is 6.42 Å². The zero-order valence-electron chi connectivity index (χ0n) is 12.7. The van der Waals surface area contributed by atoms with Crippen molar-refractivity contribution >= 4 is 16.1 Å². The van der Waals surface area contributed by atoms with Crippen LogP contribution in [0.5, 0.6) is 0 Å². The minimum Gasteiger partial charge on any atom is -0.337 e. The molecular weight excluding hydrogens is 302 g/mol. The van der Waals surface area contributed by atoms with Crippen LogP contribution in [0.1, 0.15) is 30.9 Å². The van der Waals surface area contributed by atoms with Crippen LogP contribution in [0.15, 0.2) is 30.3 Å². The average molecular weight is 325 g/mol. The number of benzene rings is 1. The van der Waals surface area contributed by atoms with Crippen LogP contribution in [0.25, 0.3) is 0 Å². The van der Waals surface area contributed by atoms with Crippen molar-refractivity contribution in [2.45, 2.75) is 25.3 Å². The SMILES string of the molecule is CS(=O)(=O)NCCNC(=O)NC(c1ccccc1)C1CCC1. The Balaban J connectivity index is 1.84. The smallest absolute Gasteiger partial charge is 0.315 e. The number of hydrogen-bond acceptors (Lipinski definition) is 3. The largest absolute Gasteiger partial charge is 0.337 e. The van der Waals surface area contributed by atoms with E-state index in [1.54, 1.807) is 0 Å². The Bertz CT molecular complexity index is 585. The highest BCUT2D eigenvalue weighted by atomic mass is 32.2. The number of urea groups is 1. The Labute approximate surface area is 131 Å². The van der Waals surface area contributed by atoms with Crippen molar-refractivity contribution in [1.82, 2.24) is 15.4 Å². The topological polar surface area (TPSA) is 87.3 Å².